The van der Waals surface area contributed by atoms with Crippen LogP contribution < -0.4 is 11.1 Å². The average molecular weight is 248 g/mol. The third-order valence-electron chi connectivity index (χ3n) is 3.46. The molecule has 2 rings (SSSR count). The van der Waals surface area contributed by atoms with E-state index in [0.29, 0.717) is 5.92 Å². The summed E-state index contributed by atoms with van der Waals surface area (Å²) < 4.78 is 5.30. The van der Waals surface area contributed by atoms with Gasteiger partial charge in [0.1, 0.15) is 6.10 Å². The van der Waals surface area contributed by atoms with Crippen LogP contribution in [0.2, 0.25) is 0 Å². The third-order valence-corrected chi connectivity index (χ3v) is 3.46. The first-order valence-corrected chi connectivity index (χ1v) is 6.46. The molecule has 0 bridgehead atoms. The molecule has 1 aromatic rings. The summed E-state index contributed by atoms with van der Waals surface area (Å²) >= 11 is 0. The van der Waals surface area contributed by atoms with Gasteiger partial charge in [-0.1, -0.05) is 30.3 Å². The Kier molecular flexibility index (Phi) is 4.59. The van der Waals surface area contributed by atoms with Crippen LogP contribution in [-0.4, -0.2) is 25.3 Å². The van der Waals surface area contributed by atoms with E-state index in [1.54, 1.807) is 0 Å². The summed E-state index contributed by atoms with van der Waals surface area (Å²) in [4.78, 5) is 11.0. The second kappa shape index (κ2) is 6.40. The normalized spacial score (nSPS) is 18.2. The smallest absolute Gasteiger partial charge is 0.404 e. The number of primary amides is 1. The summed E-state index contributed by atoms with van der Waals surface area (Å²) in [5.74, 6) is 0.402. The van der Waals surface area contributed by atoms with Gasteiger partial charge in [-0.3, -0.25) is 0 Å². The fraction of sp³-hybridized carbons (Fsp3) is 0.500. The number of benzene rings is 1. The number of piperidine rings is 1. The van der Waals surface area contributed by atoms with Crippen molar-refractivity contribution in [3.8, 4) is 0 Å². The number of carbonyl (C=O) groups is 1. The molecule has 0 aromatic heterocycles. The largest absolute Gasteiger partial charge is 0.446 e. The van der Waals surface area contributed by atoms with Gasteiger partial charge in [0.25, 0.3) is 0 Å². The second-order valence-corrected chi connectivity index (χ2v) is 4.75. The highest BCUT2D eigenvalue weighted by Crippen LogP contribution is 2.22. The molecule has 98 valence electrons. The number of ether oxygens (including phenoxy) is 1. The number of carbonyl (C=O) groups excluding carboxylic acids is 1. The molecule has 0 saturated carbocycles. The molecule has 4 heteroatoms. The Hall–Kier alpha value is -1.55. The van der Waals surface area contributed by atoms with E-state index in [2.05, 4.69) is 17.4 Å². The Morgan fingerprint density at radius 1 is 1.33 bits per heavy atom. The Morgan fingerprint density at radius 2 is 2.00 bits per heavy atom. The highest BCUT2D eigenvalue weighted by atomic mass is 16.6. The fourth-order valence-corrected chi connectivity index (χ4v) is 2.52. The number of nitrogens with two attached hydrogens (primary N) is 1. The first-order valence-electron chi connectivity index (χ1n) is 6.46. The maximum absolute atomic E-state index is 11.0. The van der Waals surface area contributed by atoms with Crippen LogP contribution in [0.3, 0.4) is 0 Å². The molecule has 1 amide bonds. The van der Waals surface area contributed by atoms with E-state index in [0.717, 1.165) is 32.4 Å². The number of amides is 1. The summed E-state index contributed by atoms with van der Waals surface area (Å²) in [6, 6.07) is 10.1. The van der Waals surface area contributed by atoms with Crippen LogP contribution in [0.5, 0.6) is 0 Å². The van der Waals surface area contributed by atoms with Crippen molar-refractivity contribution in [1.82, 2.24) is 5.32 Å². The van der Waals surface area contributed by atoms with Crippen LogP contribution in [0.25, 0.3) is 0 Å². The van der Waals surface area contributed by atoms with Crippen LogP contribution in [0.4, 0.5) is 4.79 Å². The lowest BCUT2D eigenvalue weighted by molar-refractivity contribution is 0.0569. The number of hydrogen-bond acceptors (Lipinski definition) is 3. The molecular formula is C14H20N2O2. The van der Waals surface area contributed by atoms with Crippen molar-refractivity contribution in [3.63, 3.8) is 0 Å². The van der Waals surface area contributed by atoms with Crippen LogP contribution >= 0.6 is 0 Å². The molecule has 1 heterocycles. The second-order valence-electron chi connectivity index (χ2n) is 4.75. The van der Waals surface area contributed by atoms with Gasteiger partial charge < -0.3 is 15.8 Å². The molecule has 1 fully saturated rings. The molecule has 0 radical (unpaired) electrons. The summed E-state index contributed by atoms with van der Waals surface area (Å²) in [5.41, 5.74) is 6.36. The molecule has 1 aromatic carbocycles. The molecule has 3 N–H and O–H groups in total. The quantitative estimate of drug-likeness (QED) is 0.852. The summed E-state index contributed by atoms with van der Waals surface area (Å²) in [5, 5.41) is 3.32. The highest BCUT2D eigenvalue weighted by Gasteiger charge is 2.26. The minimum atomic E-state index is -0.672. The van der Waals surface area contributed by atoms with Crippen molar-refractivity contribution in [3.05, 3.63) is 35.9 Å². The molecular weight excluding hydrogens is 228 g/mol. The molecule has 0 aliphatic carbocycles. The van der Waals surface area contributed by atoms with Gasteiger partial charge in [0.15, 0.2) is 0 Å². The minimum Gasteiger partial charge on any atom is -0.446 e. The monoisotopic (exact) mass is 248 g/mol. The van der Waals surface area contributed by atoms with Crippen molar-refractivity contribution >= 4 is 6.09 Å². The SMILES string of the molecule is NC(=O)OC(Cc1ccccc1)C1CCNCC1. The first kappa shape index (κ1) is 12.9. The van der Waals surface area contributed by atoms with Gasteiger partial charge in [-0.05, 0) is 37.4 Å². The lowest BCUT2D eigenvalue weighted by Crippen LogP contribution is -2.38. The minimum absolute atomic E-state index is 0.105. The van der Waals surface area contributed by atoms with E-state index in [4.69, 9.17) is 10.5 Å². The Bertz CT molecular complexity index is 375. The lowest BCUT2D eigenvalue weighted by Gasteiger charge is -2.30. The molecule has 18 heavy (non-hydrogen) atoms. The zero-order chi connectivity index (χ0) is 12.8. The van der Waals surface area contributed by atoms with Crippen LogP contribution in [0, 0.1) is 5.92 Å². The summed E-state index contributed by atoms with van der Waals surface area (Å²) in [6.07, 6.45) is 2.03. The van der Waals surface area contributed by atoms with Gasteiger partial charge >= 0.3 is 6.09 Å². The molecule has 1 atom stereocenters. The zero-order valence-electron chi connectivity index (χ0n) is 10.5. The Morgan fingerprint density at radius 3 is 2.61 bits per heavy atom. The number of nitrogens with one attached hydrogen (secondary N) is 1. The maximum Gasteiger partial charge on any atom is 0.404 e. The van der Waals surface area contributed by atoms with Gasteiger partial charge in [-0.15, -0.1) is 0 Å². The summed E-state index contributed by atoms with van der Waals surface area (Å²) in [6.45, 7) is 1.97. The van der Waals surface area contributed by atoms with Crippen molar-refractivity contribution < 1.29 is 9.53 Å². The maximum atomic E-state index is 11.0. The Balaban J connectivity index is 2.02. The summed E-state index contributed by atoms with van der Waals surface area (Å²) in [7, 11) is 0. The van der Waals surface area contributed by atoms with Crippen LogP contribution in [0.15, 0.2) is 30.3 Å². The van der Waals surface area contributed by atoms with Crippen molar-refractivity contribution in [2.75, 3.05) is 13.1 Å². The third kappa shape index (κ3) is 3.74. The molecule has 1 saturated heterocycles. The predicted molar refractivity (Wildman–Crippen MR) is 70.2 cm³/mol. The first-order chi connectivity index (χ1) is 8.75. The fourth-order valence-electron chi connectivity index (χ4n) is 2.52. The van der Waals surface area contributed by atoms with Gasteiger partial charge in [-0.25, -0.2) is 4.79 Å². The van der Waals surface area contributed by atoms with E-state index in [-0.39, 0.29) is 6.10 Å². The van der Waals surface area contributed by atoms with Gasteiger partial charge in [0.05, 0.1) is 0 Å². The van der Waals surface area contributed by atoms with E-state index >= 15 is 0 Å². The molecule has 1 aliphatic heterocycles. The molecule has 0 spiro atoms. The highest BCUT2D eigenvalue weighted by molar-refractivity contribution is 5.64. The standard InChI is InChI=1S/C14H20N2O2/c15-14(17)18-13(12-6-8-16-9-7-12)10-11-4-2-1-3-5-11/h1-5,12-13,16H,6-10H2,(H2,15,17). The Labute approximate surface area is 108 Å². The number of rotatable bonds is 4. The zero-order valence-corrected chi connectivity index (χ0v) is 10.5. The van der Waals surface area contributed by atoms with E-state index in [1.807, 2.05) is 18.2 Å². The van der Waals surface area contributed by atoms with E-state index in [1.165, 1.54) is 5.56 Å². The average Bonchev–Trinajstić information content (AvgIpc) is 2.40. The van der Waals surface area contributed by atoms with Crippen LogP contribution in [0.1, 0.15) is 18.4 Å². The van der Waals surface area contributed by atoms with Crippen molar-refractivity contribution in [1.29, 1.82) is 0 Å². The topological polar surface area (TPSA) is 64.4 Å². The van der Waals surface area contributed by atoms with Gasteiger partial charge in [0.2, 0.25) is 0 Å². The van der Waals surface area contributed by atoms with Crippen molar-refractivity contribution in [2.24, 2.45) is 11.7 Å². The molecule has 4 nitrogen and oxygen atoms in total. The van der Waals surface area contributed by atoms with E-state index < -0.39 is 6.09 Å². The van der Waals surface area contributed by atoms with E-state index in [9.17, 15) is 4.79 Å². The number of hydrogen-bond donors (Lipinski definition) is 2. The van der Waals surface area contributed by atoms with Crippen molar-refractivity contribution in [2.45, 2.75) is 25.4 Å². The lowest BCUT2D eigenvalue weighted by atomic mass is 9.88. The molecule has 1 aliphatic rings. The van der Waals surface area contributed by atoms with Crippen LogP contribution in [-0.2, 0) is 11.2 Å². The molecule has 1 unspecified atom stereocenters. The van der Waals surface area contributed by atoms with Gasteiger partial charge in [-0.2, -0.15) is 0 Å². The van der Waals surface area contributed by atoms with Gasteiger partial charge in [0, 0.05) is 6.42 Å². The predicted octanol–water partition coefficient (Wildman–Crippen LogP) is 1.69.